The highest BCUT2D eigenvalue weighted by atomic mass is 19.4. The Balaban J connectivity index is 1.68. The quantitative estimate of drug-likeness (QED) is 0.839. The second-order valence-electron chi connectivity index (χ2n) is 5.89. The fraction of sp³-hybridized carbons (Fsp3) is 0.562. The van der Waals surface area contributed by atoms with Crippen molar-refractivity contribution < 1.29 is 22.7 Å². The molecule has 0 saturated carbocycles. The molecule has 1 amide bonds. The van der Waals surface area contributed by atoms with E-state index in [1.54, 1.807) is 11.0 Å². The van der Waals surface area contributed by atoms with E-state index in [-0.39, 0.29) is 17.9 Å². The van der Waals surface area contributed by atoms with Gasteiger partial charge in [0.05, 0.1) is 5.56 Å². The first-order valence-electron chi connectivity index (χ1n) is 7.52. The summed E-state index contributed by atoms with van der Waals surface area (Å²) < 4.78 is 43.7. The molecule has 120 valence electrons. The predicted molar refractivity (Wildman–Crippen MR) is 74.4 cm³/mol. The molecular weight excluding hydrogens is 295 g/mol. The lowest BCUT2D eigenvalue weighted by atomic mass is 9.96. The molecule has 1 aromatic carbocycles. The van der Waals surface area contributed by atoms with Crippen molar-refractivity contribution in [1.82, 2.24) is 4.90 Å². The second-order valence-corrected chi connectivity index (χ2v) is 5.89. The van der Waals surface area contributed by atoms with Crippen molar-refractivity contribution in [1.29, 1.82) is 0 Å². The zero-order valence-corrected chi connectivity index (χ0v) is 12.1. The van der Waals surface area contributed by atoms with Gasteiger partial charge in [0.1, 0.15) is 6.10 Å². The maximum atomic E-state index is 12.8. The molecule has 3 nitrogen and oxygen atoms in total. The largest absolute Gasteiger partial charge is 0.416 e. The lowest BCUT2D eigenvalue weighted by Crippen LogP contribution is -2.37. The van der Waals surface area contributed by atoms with Crippen molar-refractivity contribution >= 4 is 5.91 Å². The molecule has 0 unspecified atom stereocenters. The van der Waals surface area contributed by atoms with Crippen molar-refractivity contribution in [3.8, 4) is 0 Å². The molecule has 0 spiro atoms. The minimum Gasteiger partial charge on any atom is -0.368 e. The number of ether oxygens (including phenoxy) is 1. The van der Waals surface area contributed by atoms with Crippen LogP contribution in [0.25, 0.3) is 0 Å². The third kappa shape index (κ3) is 3.11. The summed E-state index contributed by atoms with van der Waals surface area (Å²) in [5, 5.41) is 0. The monoisotopic (exact) mass is 313 g/mol. The first-order valence-corrected chi connectivity index (χ1v) is 7.52. The molecule has 0 bridgehead atoms. The van der Waals surface area contributed by atoms with Crippen molar-refractivity contribution in [2.24, 2.45) is 0 Å². The van der Waals surface area contributed by atoms with Crippen LogP contribution in [-0.2, 0) is 15.7 Å². The highest BCUT2D eigenvalue weighted by molar-refractivity contribution is 5.81. The molecular formula is C16H18F3NO2. The molecule has 3 rings (SSSR count). The first kappa shape index (κ1) is 15.3. The number of halogens is 3. The smallest absolute Gasteiger partial charge is 0.368 e. The van der Waals surface area contributed by atoms with Crippen LogP contribution >= 0.6 is 0 Å². The number of rotatable bonds is 2. The van der Waals surface area contributed by atoms with E-state index in [9.17, 15) is 18.0 Å². The molecule has 2 heterocycles. The van der Waals surface area contributed by atoms with Gasteiger partial charge < -0.3 is 9.64 Å². The number of nitrogens with zero attached hydrogens (tertiary/aromatic N) is 1. The Morgan fingerprint density at radius 1 is 1.27 bits per heavy atom. The molecule has 2 saturated heterocycles. The number of carbonyl (C=O) groups is 1. The van der Waals surface area contributed by atoms with E-state index in [1.807, 2.05) is 0 Å². The molecule has 0 radical (unpaired) electrons. The van der Waals surface area contributed by atoms with Crippen LogP contribution in [0.5, 0.6) is 0 Å². The van der Waals surface area contributed by atoms with Gasteiger partial charge in [0.25, 0.3) is 5.91 Å². The fourth-order valence-electron chi connectivity index (χ4n) is 3.18. The van der Waals surface area contributed by atoms with Crippen molar-refractivity contribution in [2.75, 3.05) is 19.7 Å². The molecule has 0 N–H and O–H groups in total. The topological polar surface area (TPSA) is 29.5 Å². The molecule has 2 fully saturated rings. The van der Waals surface area contributed by atoms with E-state index in [0.717, 1.165) is 18.9 Å². The van der Waals surface area contributed by atoms with Gasteiger partial charge in [-0.25, -0.2) is 0 Å². The predicted octanol–water partition coefficient (Wildman–Crippen LogP) is 3.20. The Kier molecular flexibility index (Phi) is 4.12. The third-order valence-electron chi connectivity index (χ3n) is 4.39. The van der Waals surface area contributed by atoms with Crippen LogP contribution < -0.4 is 0 Å². The highest BCUT2D eigenvalue weighted by Crippen LogP contribution is 2.34. The molecule has 2 aliphatic rings. The van der Waals surface area contributed by atoms with E-state index >= 15 is 0 Å². The first-order chi connectivity index (χ1) is 10.4. The van der Waals surface area contributed by atoms with Gasteiger partial charge >= 0.3 is 6.18 Å². The van der Waals surface area contributed by atoms with E-state index < -0.39 is 11.7 Å². The van der Waals surface area contributed by atoms with Crippen LogP contribution in [0.1, 0.15) is 36.3 Å². The maximum Gasteiger partial charge on any atom is 0.416 e. The van der Waals surface area contributed by atoms with Gasteiger partial charge in [0.2, 0.25) is 0 Å². The number of hydrogen-bond donors (Lipinski definition) is 0. The average molecular weight is 313 g/mol. The Hall–Kier alpha value is -1.56. The molecule has 2 atom stereocenters. The number of hydrogen-bond acceptors (Lipinski definition) is 2. The van der Waals surface area contributed by atoms with Gasteiger partial charge in [-0.15, -0.1) is 0 Å². The Morgan fingerprint density at radius 2 is 2.09 bits per heavy atom. The minimum atomic E-state index is -4.33. The minimum absolute atomic E-state index is 0.0213. The Morgan fingerprint density at radius 3 is 2.77 bits per heavy atom. The molecule has 6 heteroatoms. The van der Waals surface area contributed by atoms with Gasteiger partial charge in [0.15, 0.2) is 0 Å². The lowest BCUT2D eigenvalue weighted by Gasteiger charge is -2.20. The molecule has 0 aromatic heterocycles. The van der Waals surface area contributed by atoms with E-state index in [4.69, 9.17) is 4.74 Å². The normalized spacial score (nSPS) is 25.7. The van der Waals surface area contributed by atoms with E-state index in [2.05, 4.69) is 0 Å². The average Bonchev–Trinajstić information content (AvgIpc) is 3.17. The van der Waals surface area contributed by atoms with Gasteiger partial charge in [-0.1, -0.05) is 18.2 Å². The molecule has 2 aliphatic heterocycles. The highest BCUT2D eigenvalue weighted by Gasteiger charge is 2.35. The Labute approximate surface area is 127 Å². The van der Waals surface area contributed by atoms with Gasteiger partial charge in [-0.3, -0.25) is 4.79 Å². The van der Waals surface area contributed by atoms with Crippen LogP contribution in [0.4, 0.5) is 13.2 Å². The van der Waals surface area contributed by atoms with Gasteiger partial charge in [-0.2, -0.15) is 13.2 Å². The van der Waals surface area contributed by atoms with E-state index in [1.165, 1.54) is 12.1 Å². The van der Waals surface area contributed by atoms with Crippen LogP contribution in [0.3, 0.4) is 0 Å². The standard InChI is InChI=1S/C16H18F3NO2/c17-16(18,19)13-4-1-3-11(9-13)12-6-7-20(10-12)15(21)14-5-2-8-22-14/h1,3-4,9,12,14H,2,5-8,10H2/t12-,14+/m0/s1. The molecule has 1 aromatic rings. The summed E-state index contributed by atoms with van der Waals surface area (Å²) >= 11 is 0. The number of amides is 1. The van der Waals surface area contributed by atoms with Crippen molar-refractivity contribution in [3.63, 3.8) is 0 Å². The van der Waals surface area contributed by atoms with Gasteiger partial charge in [0, 0.05) is 25.6 Å². The van der Waals surface area contributed by atoms with Crippen molar-refractivity contribution in [3.05, 3.63) is 35.4 Å². The number of carbonyl (C=O) groups excluding carboxylic acids is 1. The zero-order chi connectivity index (χ0) is 15.7. The zero-order valence-electron chi connectivity index (χ0n) is 12.1. The summed E-state index contributed by atoms with van der Waals surface area (Å²) in [4.78, 5) is 14.0. The van der Waals surface area contributed by atoms with Crippen LogP contribution in [0.15, 0.2) is 24.3 Å². The number of alkyl halides is 3. The third-order valence-corrected chi connectivity index (χ3v) is 4.39. The summed E-state index contributed by atoms with van der Waals surface area (Å²) in [5.74, 6) is -0.0559. The van der Waals surface area contributed by atoms with E-state index in [0.29, 0.717) is 31.7 Å². The maximum absolute atomic E-state index is 12.8. The van der Waals surface area contributed by atoms with Crippen molar-refractivity contribution in [2.45, 2.75) is 37.5 Å². The molecule has 0 aliphatic carbocycles. The summed E-state index contributed by atoms with van der Waals surface area (Å²) in [6.07, 6.45) is -2.37. The van der Waals surface area contributed by atoms with Crippen LogP contribution in [-0.4, -0.2) is 36.6 Å². The summed E-state index contributed by atoms with van der Waals surface area (Å²) in [6.45, 7) is 1.67. The number of benzene rings is 1. The van der Waals surface area contributed by atoms with Crippen LogP contribution in [0, 0.1) is 0 Å². The SMILES string of the molecule is O=C([C@H]1CCCO1)N1CC[C@H](c2cccc(C(F)(F)F)c2)C1. The number of likely N-dealkylation sites (tertiary alicyclic amines) is 1. The second kappa shape index (κ2) is 5.91. The summed E-state index contributed by atoms with van der Waals surface area (Å²) in [7, 11) is 0. The summed E-state index contributed by atoms with van der Waals surface area (Å²) in [5.41, 5.74) is 0.0198. The van der Waals surface area contributed by atoms with Crippen LogP contribution in [0.2, 0.25) is 0 Å². The summed E-state index contributed by atoms with van der Waals surface area (Å²) in [6, 6.07) is 5.42. The van der Waals surface area contributed by atoms with Gasteiger partial charge in [-0.05, 0) is 30.9 Å². The molecule has 22 heavy (non-hydrogen) atoms. The lowest BCUT2D eigenvalue weighted by molar-refractivity contribution is -0.140. The Bertz CT molecular complexity index is 553. The fourth-order valence-corrected chi connectivity index (χ4v) is 3.18.